The fraction of sp³-hybridized carbons (Fsp3) is 1.00. The van der Waals surface area contributed by atoms with Gasteiger partial charge in [-0.1, -0.05) is 240 Å². The SMILES string of the molecule is CCCCCCCCCCCCCCCCCC[NH-].CCCCCCCCCCCC[N+](C)(C)CCC.CCCCCCCCCCCC[N+](C)(C)CCC.[Cl-]. The molecule has 0 radical (unpaired) electrons. The van der Waals surface area contributed by atoms with Crippen molar-refractivity contribution in [3.63, 3.8) is 0 Å². The standard InChI is InChI=1S/C18H38N.2C17H38N.ClH/c1-2-3-4-5-6-7-8-9-10-11-12-13-14-15-16-17-18-19;2*1-5-7-8-9-10-11-12-13-14-15-17-18(3,4)16-6-2;/h19H,2-18H2,1H3;2*5-17H2,1-4H3;1H/q-1;2*+1;/p-1. The predicted molar refractivity (Wildman–Crippen MR) is 257 cm³/mol. The van der Waals surface area contributed by atoms with Crippen molar-refractivity contribution in [1.29, 1.82) is 0 Å². The largest absolute Gasteiger partial charge is 1.00 e. The van der Waals surface area contributed by atoms with Gasteiger partial charge in [0.1, 0.15) is 0 Å². The Kier molecular flexibility index (Phi) is 59.7. The first-order valence-corrected chi connectivity index (χ1v) is 25.9. The van der Waals surface area contributed by atoms with Crippen molar-refractivity contribution >= 4 is 0 Å². The summed E-state index contributed by atoms with van der Waals surface area (Å²) in [4.78, 5) is 0. The van der Waals surface area contributed by atoms with Gasteiger partial charge in [0, 0.05) is 0 Å². The van der Waals surface area contributed by atoms with Crippen LogP contribution >= 0.6 is 0 Å². The van der Waals surface area contributed by atoms with Crippen molar-refractivity contribution in [3.05, 3.63) is 5.73 Å². The molecule has 0 spiro atoms. The van der Waals surface area contributed by atoms with Crippen LogP contribution in [0.25, 0.3) is 5.73 Å². The van der Waals surface area contributed by atoms with Gasteiger partial charge in [0.05, 0.1) is 54.4 Å². The fourth-order valence-corrected chi connectivity index (χ4v) is 8.16. The summed E-state index contributed by atoms with van der Waals surface area (Å²) in [6, 6.07) is 0. The van der Waals surface area contributed by atoms with E-state index in [0.717, 1.165) is 6.42 Å². The first kappa shape index (κ1) is 62.8. The minimum absolute atomic E-state index is 0. The highest BCUT2D eigenvalue weighted by atomic mass is 35.5. The quantitative estimate of drug-likeness (QED) is 0.0433. The Balaban J connectivity index is -0.000000359. The van der Waals surface area contributed by atoms with Crippen LogP contribution in [0.5, 0.6) is 0 Å². The van der Waals surface area contributed by atoms with E-state index in [2.05, 4.69) is 62.8 Å². The van der Waals surface area contributed by atoms with Crippen molar-refractivity contribution in [2.24, 2.45) is 0 Å². The molecule has 0 aromatic rings. The van der Waals surface area contributed by atoms with Gasteiger partial charge in [-0.3, -0.25) is 0 Å². The summed E-state index contributed by atoms with van der Waals surface area (Å²) in [6.07, 6.45) is 54.0. The second-order valence-corrected chi connectivity index (χ2v) is 19.2. The summed E-state index contributed by atoms with van der Waals surface area (Å²) >= 11 is 0. The molecule has 344 valence electrons. The number of nitrogens with one attached hydrogen (secondary N) is 1. The lowest BCUT2D eigenvalue weighted by molar-refractivity contribution is -0.890. The molecule has 0 heterocycles. The van der Waals surface area contributed by atoms with Crippen LogP contribution < -0.4 is 12.4 Å². The van der Waals surface area contributed by atoms with Crippen molar-refractivity contribution in [2.45, 2.75) is 279 Å². The normalized spacial score (nSPS) is 11.5. The van der Waals surface area contributed by atoms with E-state index in [4.69, 9.17) is 5.73 Å². The highest BCUT2D eigenvalue weighted by molar-refractivity contribution is 4.53. The highest BCUT2D eigenvalue weighted by Gasteiger charge is 2.13. The van der Waals surface area contributed by atoms with E-state index in [-0.39, 0.29) is 12.4 Å². The van der Waals surface area contributed by atoms with Crippen LogP contribution in [-0.2, 0) is 0 Å². The fourth-order valence-electron chi connectivity index (χ4n) is 8.16. The first-order chi connectivity index (χ1) is 26.7. The molecule has 0 saturated carbocycles. The maximum absolute atomic E-state index is 7.08. The Morgan fingerprint density at radius 3 is 0.589 bits per heavy atom. The highest BCUT2D eigenvalue weighted by Crippen LogP contribution is 2.15. The van der Waals surface area contributed by atoms with Gasteiger partial charge in [-0.25, -0.2) is 0 Å². The van der Waals surface area contributed by atoms with E-state index in [1.54, 1.807) is 0 Å². The van der Waals surface area contributed by atoms with E-state index in [1.807, 2.05) is 0 Å². The third-order valence-corrected chi connectivity index (χ3v) is 11.9. The van der Waals surface area contributed by atoms with Crippen molar-refractivity contribution < 1.29 is 21.4 Å². The Morgan fingerprint density at radius 1 is 0.232 bits per heavy atom. The van der Waals surface area contributed by atoms with Gasteiger partial charge >= 0.3 is 0 Å². The third kappa shape index (κ3) is 60.8. The lowest BCUT2D eigenvalue weighted by atomic mass is 10.0. The van der Waals surface area contributed by atoms with Gasteiger partial charge in [0.15, 0.2) is 0 Å². The van der Waals surface area contributed by atoms with Crippen LogP contribution in [0.1, 0.15) is 279 Å². The molecule has 0 fully saturated rings. The number of nitrogens with zero attached hydrogens (tertiary/aromatic N) is 2. The molecule has 4 heteroatoms. The van der Waals surface area contributed by atoms with E-state index in [9.17, 15) is 0 Å². The monoisotopic (exact) mass is 816 g/mol. The molecule has 0 aliphatic carbocycles. The van der Waals surface area contributed by atoms with Crippen molar-refractivity contribution in [2.75, 3.05) is 60.9 Å². The number of hydrogen-bond donors (Lipinski definition) is 0. The van der Waals surface area contributed by atoms with Crippen molar-refractivity contribution in [3.8, 4) is 0 Å². The minimum atomic E-state index is 0. The predicted octanol–water partition coefficient (Wildman–Crippen LogP) is 15.1. The molecular formula is C52H114ClN3. The molecule has 56 heavy (non-hydrogen) atoms. The van der Waals surface area contributed by atoms with Gasteiger partial charge < -0.3 is 27.1 Å². The van der Waals surface area contributed by atoms with Crippen LogP contribution in [0.15, 0.2) is 0 Å². The van der Waals surface area contributed by atoms with Crippen LogP contribution in [0.3, 0.4) is 0 Å². The average molecular weight is 817 g/mol. The van der Waals surface area contributed by atoms with Crippen LogP contribution in [0.4, 0.5) is 0 Å². The van der Waals surface area contributed by atoms with E-state index in [1.165, 1.54) is 273 Å². The van der Waals surface area contributed by atoms with Gasteiger partial charge in [-0.15, -0.1) is 0 Å². The molecule has 0 rings (SSSR count). The van der Waals surface area contributed by atoms with E-state index in [0.29, 0.717) is 6.54 Å². The van der Waals surface area contributed by atoms with Gasteiger partial charge in [0.2, 0.25) is 0 Å². The summed E-state index contributed by atoms with van der Waals surface area (Å²) in [5.74, 6) is 0. The molecule has 1 N–H and O–H groups in total. The maximum Gasteiger partial charge on any atom is 0.0782 e. The molecule has 3 nitrogen and oxygen atoms in total. The number of halogens is 1. The first-order valence-electron chi connectivity index (χ1n) is 25.9. The Hall–Kier alpha value is 0.170. The zero-order valence-electron chi connectivity index (χ0n) is 41.2. The van der Waals surface area contributed by atoms with Crippen LogP contribution in [0.2, 0.25) is 0 Å². The summed E-state index contributed by atoms with van der Waals surface area (Å²) in [6.45, 7) is 17.5. The molecule has 0 unspecified atom stereocenters. The summed E-state index contributed by atoms with van der Waals surface area (Å²) in [5.41, 5.74) is 7.08. The summed E-state index contributed by atoms with van der Waals surface area (Å²) in [5, 5.41) is 0. The Bertz CT molecular complexity index is 598. The summed E-state index contributed by atoms with van der Waals surface area (Å²) < 4.78 is 2.43. The molecule has 0 saturated heterocycles. The van der Waals surface area contributed by atoms with Gasteiger partial charge in [-0.05, 0) is 38.5 Å². The number of quaternary nitrogens is 2. The van der Waals surface area contributed by atoms with E-state index < -0.39 is 0 Å². The smallest absolute Gasteiger partial charge is 0.0782 e. The summed E-state index contributed by atoms with van der Waals surface area (Å²) in [7, 11) is 9.49. The topological polar surface area (TPSA) is 23.8 Å². The average Bonchev–Trinajstić information content (AvgIpc) is 3.15. The molecule has 0 aliphatic heterocycles. The maximum atomic E-state index is 7.08. The molecule has 0 bridgehead atoms. The number of rotatable bonds is 42. The van der Waals surface area contributed by atoms with Crippen molar-refractivity contribution in [1.82, 2.24) is 0 Å². The zero-order chi connectivity index (χ0) is 41.4. The van der Waals surface area contributed by atoms with Gasteiger partial charge in [-0.2, -0.15) is 6.54 Å². The Labute approximate surface area is 365 Å². The number of hydrogen-bond acceptors (Lipinski definition) is 0. The number of unbranched alkanes of at least 4 members (excludes halogenated alkanes) is 33. The molecule has 0 atom stereocenters. The molecule has 0 amide bonds. The van der Waals surface area contributed by atoms with Crippen LogP contribution in [0, 0.1) is 0 Å². The third-order valence-electron chi connectivity index (χ3n) is 11.9. The van der Waals surface area contributed by atoms with Gasteiger partial charge in [0.25, 0.3) is 0 Å². The Morgan fingerprint density at radius 2 is 0.411 bits per heavy atom. The molecule has 0 aromatic carbocycles. The second-order valence-electron chi connectivity index (χ2n) is 19.2. The van der Waals surface area contributed by atoms with Crippen LogP contribution in [-0.4, -0.2) is 69.9 Å². The second kappa shape index (κ2) is 53.2. The molecule has 0 aliphatic rings. The lowest BCUT2D eigenvalue weighted by Gasteiger charge is -2.29. The zero-order valence-corrected chi connectivity index (χ0v) is 41.9. The minimum Gasteiger partial charge on any atom is -1.00 e. The molecular weight excluding hydrogens is 702 g/mol. The lowest BCUT2D eigenvalue weighted by Crippen LogP contribution is -3.00. The molecule has 0 aromatic heterocycles. The van der Waals surface area contributed by atoms with E-state index >= 15 is 0 Å².